The highest BCUT2D eigenvalue weighted by Gasteiger charge is 2.10. The Bertz CT molecular complexity index is 840. The molecule has 0 saturated heterocycles. The van der Waals surface area contributed by atoms with Crippen LogP contribution >= 0.6 is 0 Å². The number of aryl methyl sites for hydroxylation is 1. The number of nitriles is 2. The molecule has 0 aromatic heterocycles. The molecule has 2 rings (SSSR count). The Hall–Kier alpha value is -3.24. The van der Waals surface area contributed by atoms with Gasteiger partial charge < -0.3 is 9.64 Å². The molecule has 0 spiro atoms. The average Bonchev–Trinajstić information content (AvgIpc) is 2.53. The van der Waals surface area contributed by atoms with Gasteiger partial charge in [-0.25, -0.2) is 0 Å². The van der Waals surface area contributed by atoms with E-state index in [1.807, 2.05) is 44.5 Å². The second-order valence-electron chi connectivity index (χ2n) is 5.73. The summed E-state index contributed by atoms with van der Waals surface area (Å²) in [5, 5.41) is 18.0. The van der Waals surface area contributed by atoms with Gasteiger partial charge in [0.15, 0.2) is 0 Å². The van der Waals surface area contributed by atoms with Crippen molar-refractivity contribution in [2.45, 2.75) is 13.8 Å². The molecule has 0 fully saturated rings. The molecule has 0 aliphatic carbocycles. The summed E-state index contributed by atoms with van der Waals surface area (Å²) in [5.41, 5.74) is 4.07. The highest BCUT2D eigenvalue weighted by atomic mass is 16.5. The van der Waals surface area contributed by atoms with Crippen LogP contribution in [-0.2, 0) is 4.74 Å². The summed E-state index contributed by atoms with van der Waals surface area (Å²) in [6, 6.07) is 10.0. The first kappa shape index (κ1) is 17.1. The number of ether oxygens (including phenoxy) is 1. The molecule has 1 aliphatic rings. The van der Waals surface area contributed by atoms with E-state index >= 15 is 0 Å². The molecule has 1 aromatic carbocycles. The minimum atomic E-state index is 0.0785. The van der Waals surface area contributed by atoms with Crippen LogP contribution in [-0.4, -0.2) is 14.1 Å². The highest BCUT2D eigenvalue weighted by molar-refractivity contribution is 5.62. The lowest BCUT2D eigenvalue weighted by Gasteiger charge is -2.16. The maximum absolute atomic E-state index is 9.01. The molecule has 24 heavy (non-hydrogen) atoms. The van der Waals surface area contributed by atoms with E-state index in [9.17, 15) is 0 Å². The van der Waals surface area contributed by atoms with Crippen LogP contribution in [0.1, 0.15) is 18.1 Å². The Morgan fingerprint density at radius 2 is 1.79 bits per heavy atom. The fourth-order valence-corrected chi connectivity index (χ4v) is 2.50. The maximum atomic E-state index is 9.01. The third-order valence-electron chi connectivity index (χ3n) is 3.59. The Balaban J connectivity index is 2.30. The van der Waals surface area contributed by atoms with Crippen LogP contribution < -0.4 is 4.90 Å². The van der Waals surface area contributed by atoms with Crippen molar-refractivity contribution in [1.29, 1.82) is 10.5 Å². The number of benzene rings is 1. The van der Waals surface area contributed by atoms with E-state index < -0.39 is 0 Å². The molecule has 4 heteroatoms. The molecule has 0 atom stereocenters. The first-order valence-corrected chi connectivity index (χ1v) is 7.53. The van der Waals surface area contributed by atoms with Crippen LogP contribution in [0.25, 0.3) is 6.08 Å². The summed E-state index contributed by atoms with van der Waals surface area (Å²) in [4.78, 5) is 2.08. The number of rotatable bonds is 3. The van der Waals surface area contributed by atoms with Gasteiger partial charge in [-0.2, -0.15) is 10.5 Å². The van der Waals surface area contributed by atoms with E-state index in [4.69, 9.17) is 15.3 Å². The van der Waals surface area contributed by atoms with Gasteiger partial charge in [-0.3, -0.25) is 0 Å². The quantitative estimate of drug-likeness (QED) is 0.782. The molecule has 1 aromatic rings. The first-order valence-electron chi connectivity index (χ1n) is 7.53. The third kappa shape index (κ3) is 3.94. The van der Waals surface area contributed by atoms with Crippen molar-refractivity contribution in [3.8, 4) is 12.1 Å². The maximum Gasteiger partial charge on any atom is 0.137 e. The number of anilines is 1. The van der Waals surface area contributed by atoms with E-state index in [-0.39, 0.29) is 5.57 Å². The molecular weight excluding hydrogens is 298 g/mol. The van der Waals surface area contributed by atoms with Crippen LogP contribution in [0.3, 0.4) is 0 Å². The van der Waals surface area contributed by atoms with Crippen LogP contribution in [0.4, 0.5) is 5.69 Å². The SMILES string of the molecule is CC1=CC(=C(C#N)C#N)C=C(/C=C/c2ccc(N(C)C)c(C)c2)O1. The molecule has 0 amide bonds. The zero-order valence-corrected chi connectivity index (χ0v) is 14.3. The van der Waals surface area contributed by atoms with E-state index in [0.29, 0.717) is 17.1 Å². The average molecular weight is 317 g/mol. The van der Waals surface area contributed by atoms with Gasteiger partial charge in [-0.1, -0.05) is 12.1 Å². The zero-order chi connectivity index (χ0) is 17.7. The molecule has 1 aliphatic heterocycles. The van der Waals surface area contributed by atoms with Gasteiger partial charge in [0.1, 0.15) is 29.2 Å². The van der Waals surface area contributed by atoms with Crippen LogP contribution in [0, 0.1) is 29.6 Å². The van der Waals surface area contributed by atoms with Crippen molar-refractivity contribution in [1.82, 2.24) is 0 Å². The lowest BCUT2D eigenvalue weighted by molar-refractivity contribution is 0.318. The van der Waals surface area contributed by atoms with Crippen molar-refractivity contribution in [3.05, 3.63) is 70.2 Å². The van der Waals surface area contributed by atoms with Crippen LogP contribution in [0.15, 0.2) is 59.1 Å². The number of hydrogen-bond donors (Lipinski definition) is 0. The number of allylic oxidation sites excluding steroid dienone is 6. The van der Waals surface area contributed by atoms with Gasteiger partial charge in [0.25, 0.3) is 0 Å². The van der Waals surface area contributed by atoms with Gasteiger partial charge in [0.05, 0.1) is 0 Å². The van der Waals surface area contributed by atoms with Crippen LogP contribution in [0.5, 0.6) is 0 Å². The van der Waals surface area contributed by atoms with Gasteiger partial charge in [-0.05, 0) is 55.3 Å². The summed E-state index contributed by atoms with van der Waals surface area (Å²) in [7, 11) is 4.03. The predicted molar refractivity (Wildman–Crippen MR) is 95.7 cm³/mol. The second kappa shape index (κ2) is 7.35. The van der Waals surface area contributed by atoms with Crippen molar-refractivity contribution in [2.75, 3.05) is 19.0 Å². The minimum absolute atomic E-state index is 0.0785. The van der Waals surface area contributed by atoms with Gasteiger partial charge in [-0.15, -0.1) is 0 Å². The number of hydrogen-bond acceptors (Lipinski definition) is 4. The third-order valence-corrected chi connectivity index (χ3v) is 3.59. The molecule has 0 unspecified atom stereocenters. The smallest absolute Gasteiger partial charge is 0.137 e. The number of nitrogens with zero attached hydrogens (tertiary/aromatic N) is 3. The molecule has 0 saturated carbocycles. The lowest BCUT2D eigenvalue weighted by Crippen LogP contribution is -2.09. The summed E-state index contributed by atoms with van der Waals surface area (Å²) in [6.07, 6.45) is 7.18. The largest absolute Gasteiger partial charge is 0.462 e. The van der Waals surface area contributed by atoms with Gasteiger partial charge in [0, 0.05) is 25.4 Å². The van der Waals surface area contributed by atoms with Gasteiger partial charge in [0.2, 0.25) is 0 Å². The van der Waals surface area contributed by atoms with Crippen molar-refractivity contribution < 1.29 is 4.74 Å². The first-order chi connectivity index (χ1) is 11.4. The summed E-state index contributed by atoms with van der Waals surface area (Å²) >= 11 is 0. The lowest BCUT2D eigenvalue weighted by atomic mass is 10.1. The van der Waals surface area contributed by atoms with Crippen LogP contribution in [0.2, 0.25) is 0 Å². The normalized spacial score (nSPS) is 13.5. The van der Waals surface area contributed by atoms with E-state index in [1.54, 1.807) is 19.1 Å². The Morgan fingerprint density at radius 3 is 2.38 bits per heavy atom. The standard InChI is InChI=1S/C20H19N3O/c1-14-9-16(6-8-20(14)23(3)4)5-7-19-11-17(10-15(2)24-19)18(12-21)13-22/h5-11H,1-4H3/b7-5+. The second-order valence-corrected chi connectivity index (χ2v) is 5.73. The van der Waals surface area contributed by atoms with Crippen molar-refractivity contribution >= 4 is 11.8 Å². The summed E-state index contributed by atoms with van der Waals surface area (Å²) in [6.45, 7) is 3.87. The molecule has 0 radical (unpaired) electrons. The molecule has 4 nitrogen and oxygen atoms in total. The molecule has 0 N–H and O–H groups in total. The fourth-order valence-electron chi connectivity index (χ4n) is 2.50. The molecule has 120 valence electrons. The topological polar surface area (TPSA) is 60.0 Å². The van der Waals surface area contributed by atoms with E-state index in [0.717, 1.165) is 5.56 Å². The minimum Gasteiger partial charge on any atom is -0.462 e. The molecular formula is C20H19N3O. The summed E-state index contributed by atoms with van der Waals surface area (Å²) in [5.74, 6) is 1.25. The highest BCUT2D eigenvalue weighted by Crippen LogP contribution is 2.24. The van der Waals surface area contributed by atoms with E-state index in [1.165, 1.54) is 11.3 Å². The monoisotopic (exact) mass is 317 g/mol. The fraction of sp³-hybridized carbons (Fsp3) is 0.200. The van der Waals surface area contributed by atoms with Crippen molar-refractivity contribution in [2.24, 2.45) is 0 Å². The van der Waals surface area contributed by atoms with Gasteiger partial charge >= 0.3 is 0 Å². The van der Waals surface area contributed by atoms with Crippen molar-refractivity contribution in [3.63, 3.8) is 0 Å². The summed E-state index contributed by atoms with van der Waals surface area (Å²) < 4.78 is 5.64. The molecule has 1 heterocycles. The molecule has 0 bridgehead atoms. The Labute approximate surface area is 142 Å². The van der Waals surface area contributed by atoms with E-state index in [2.05, 4.69) is 24.0 Å². The Morgan fingerprint density at radius 1 is 1.08 bits per heavy atom. The Kier molecular flexibility index (Phi) is 5.24. The zero-order valence-electron chi connectivity index (χ0n) is 14.3. The predicted octanol–water partition coefficient (Wildman–Crippen LogP) is 4.24.